The first-order valence-corrected chi connectivity index (χ1v) is 20.3. The summed E-state index contributed by atoms with van der Waals surface area (Å²) in [5.41, 5.74) is 17.4. The Bertz CT molecular complexity index is 3020. The quantitative estimate of drug-likeness (QED) is 0.142. The molecule has 0 spiro atoms. The van der Waals surface area contributed by atoms with E-state index in [0.29, 0.717) is 0 Å². The van der Waals surface area contributed by atoms with E-state index in [4.69, 9.17) is 0 Å². The lowest BCUT2D eigenvalue weighted by Gasteiger charge is -2.32. The summed E-state index contributed by atoms with van der Waals surface area (Å²) < 4.78 is 0. The third kappa shape index (κ3) is 7.12. The summed E-state index contributed by atoms with van der Waals surface area (Å²) in [4.78, 5) is 2.48. The topological polar surface area (TPSA) is 3.24 Å². The highest BCUT2D eigenvalue weighted by molar-refractivity contribution is 6.03. The lowest BCUT2D eigenvalue weighted by atomic mass is 9.87. The molecule has 10 aromatic carbocycles. The first-order chi connectivity index (χ1) is 29.3. The van der Waals surface area contributed by atoms with Crippen LogP contribution in [0.1, 0.15) is 0 Å². The van der Waals surface area contributed by atoms with Crippen molar-refractivity contribution in [1.29, 1.82) is 0 Å². The van der Waals surface area contributed by atoms with E-state index < -0.39 is 0 Å². The van der Waals surface area contributed by atoms with Crippen LogP contribution in [-0.4, -0.2) is 0 Å². The van der Waals surface area contributed by atoms with Crippen molar-refractivity contribution in [2.45, 2.75) is 0 Å². The lowest BCUT2D eigenvalue weighted by Crippen LogP contribution is -2.13. The van der Waals surface area contributed by atoms with Gasteiger partial charge in [-0.1, -0.05) is 218 Å². The maximum absolute atomic E-state index is 2.48. The maximum atomic E-state index is 2.48. The Morgan fingerprint density at radius 1 is 0.220 bits per heavy atom. The van der Waals surface area contributed by atoms with Crippen LogP contribution in [0.25, 0.3) is 77.5 Å². The standard InChI is InChI=1S/C58H41N/c1-4-18-42(19-5-1)44-34-37-47(38-35-44)53-29-14-15-32-56(53)59(51-27-16-26-49(41-51)50-39-36-43-20-10-11-25-48(43)40-50)57-33-17-31-54(46-23-8-3-9-24-46)58(57)55-30-13-12-28-52(55)45-21-6-2-7-22-45/h1-41H. The molecule has 10 aromatic rings. The molecule has 59 heavy (non-hydrogen) atoms. The molecular formula is C58H41N. The summed E-state index contributed by atoms with van der Waals surface area (Å²) in [6.45, 7) is 0. The summed E-state index contributed by atoms with van der Waals surface area (Å²) in [5.74, 6) is 0. The van der Waals surface area contributed by atoms with Crippen LogP contribution in [0.15, 0.2) is 249 Å². The summed E-state index contributed by atoms with van der Waals surface area (Å²) in [5, 5.41) is 2.47. The smallest absolute Gasteiger partial charge is 0.0546 e. The Morgan fingerprint density at radius 2 is 0.661 bits per heavy atom. The van der Waals surface area contributed by atoms with Crippen molar-refractivity contribution >= 4 is 27.8 Å². The predicted octanol–water partition coefficient (Wildman–Crippen LogP) is 16.3. The monoisotopic (exact) mass is 751 g/mol. The van der Waals surface area contributed by atoms with Gasteiger partial charge in [-0.15, -0.1) is 0 Å². The fourth-order valence-corrected chi connectivity index (χ4v) is 8.43. The third-order valence-corrected chi connectivity index (χ3v) is 11.3. The van der Waals surface area contributed by atoms with Gasteiger partial charge in [0, 0.05) is 16.8 Å². The summed E-state index contributed by atoms with van der Waals surface area (Å²) in [7, 11) is 0. The highest BCUT2D eigenvalue weighted by atomic mass is 15.1. The Kier molecular flexibility index (Phi) is 9.68. The average Bonchev–Trinajstić information content (AvgIpc) is 3.32. The summed E-state index contributed by atoms with van der Waals surface area (Å²) in [6.07, 6.45) is 0. The molecular weight excluding hydrogens is 711 g/mol. The number of benzene rings is 10. The number of anilines is 3. The molecule has 1 heteroatoms. The van der Waals surface area contributed by atoms with Gasteiger partial charge in [0.1, 0.15) is 0 Å². The molecule has 0 heterocycles. The lowest BCUT2D eigenvalue weighted by molar-refractivity contribution is 1.28. The molecule has 0 saturated carbocycles. The van der Waals surface area contributed by atoms with E-state index in [1.54, 1.807) is 0 Å². The highest BCUT2D eigenvalue weighted by Crippen LogP contribution is 2.50. The van der Waals surface area contributed by atoms with Gasteiger partial charge in [-0.05, 0) is 96.7 Å². The SMILES string of the molecule is c1ccc(-c2ccc(-c3ccccc3N(c3cccc(-c4ccc5ccccc5c4)c3)c3cccc(-c4ccccc4)c3-c3ccccc3-c3ccccc3)cc2)cc1. The van der Waals surface area contributed by atoms with Crippen molar-refractivity contribution in [2.24, 2.45) is 0 Å². The zero-order chi connectivity index (χ0) is 39.4. The molecule has 0 unspecified atom stereocenters. The molecule has 0 saturated heterocycles. The normalized spacial score (nSPS) is 11.1. The Morgan fingerprint density at radius 3 is 1.39 bits per heavy atom. The van der Waals surface area contributed by atoms with E-state index in [1.807, 2.05) is 0 Å². The van der Waals surface area contributed by atoms with Crippen LogP contribution < -0.4 is 4.90 Å². The second-order valence-electron chi connectivity index (χ2n) is 14.9. The van der Waals surface area contributed by atoms with E-state index in [9.17, 15) is 0 Å². The third-order valence-electron chi connectivity index (χ3n) is 11.3. The second-order valence-corrected chi connectivity index (χ2v) is 14.9. The predicted molar refractivity (Wildman–Crippen MR) is 251 cm³/mol. The molecule has 0 aliphatic heterocycles. The van der Waals surface area contributed by atoms with Crippen molar-refractivity contribution in [1.82, 2.24) is 0 Å². The molecule has 0 aromatic heterocycles. The highest BCUT2D eigenvalue weighted by Gasteiger charge is 2.24. The zero-order valence-electron chi connectivity index (χ0n) is 32.6. The number of hydrogen-bond donors (Lipinski definition) is 0. The Balaban J connectivity index is 1.23. The van der Waals surface area contributed by atoms with Crippen LogP contribution in [0.5, 0.6) is 0 Å². The van der Waals surface area contributed by atoms with Crippen LogP contribution in [0.3, 0.4) is 0 Å². The molecule has 0 aliphatic carbocycles. The van der Waals surface area contributed by atoms with Gasteiger partial charge >= 0.3 is 0 Å². The number of para-hydroxylation sites is 1. The van der Waals surface area contributed by atoms with Gasteiger partial charge in [0.05, 0.1) is 11.4 Å². The van der Waals surface area contributed by atoms with Gasteiger partial charge in [-0.2, -0.15) is 0 Å². The minimum absolute atomic E-state index is 1.08. The fraction of sp³-hybridized carbons (Fsp3) is 0. The average molecular weight is 752 g/mol. The van der Waals surface area contributed by atoms with E-state index in [0.717, 1.165) is 33.8 Å². The van der Waals surface area contributed by atoms with Crippen LogP contribution in [0.4, 0.5) is 17.1 Å². The van der Waals surface area contributed by atoms with E-state index in [2.05, 4.69) is 254 Å². The Hall–Kier alpha value is -7.74. The van der Waals surface area contributed by atoms with E-state index in [-0.39, 0.29) is 0 Å². The molecule has 0 fully saturated rings. The molecule has 0 N–H and O–H groups in total. The minimum Gasteiger partial charge on any atom is -0.309 e. The molecule has 278 valence electrons. The van der Waals surface area contributed by atoms with Gasteiger partial charge < -0.3 is 4.90 Å². The van der Waals surface area contributed by atoms with Crippen LogP contribution in [0.2, 0.25) is 0 Å². The van der Waals surface area contributed by atoms with Gasteiger partial charge in [-0.25, -0.2) is 0 Å². The van der Waals surface area contributed by atoms with Gasteiger partial charge in [0.25, 0.3) is 0 Å². The van der Waals surface area contributed by atoms with Crippen molar-refractivity contribution in [3.8, 4) is 66.8 Å². The summed E-state index contributed by atoms with van der Waals surface area (Å²) >= 11 is 0. The summed E-state index contributed by atoms with van der Waals surface area (Å²) in [6, 6.07) is 90.0. The molecule has 10 rings (SSSR count). The Labute approximate surface area is 346 Å². The number of hydrogen-bond acceptors (Lipinski definition) is 1. The van der Waals surface area contributed by atoms with Gasteiger partial charge in [0.15, 0.2) is 0 Å². The maximum Gasteiger partial charge on any atom is 0.0546 e. The van der Waals surface area contributed by atoms with Gasteiger partial charge in [-0.3, -0.25) is 0 Å². The molecule has 0 aliphatic rings. The van der Waals surface area contributed by atoms with Crippen molar-refractivity contribution < 1.29 is 0 Å². The molecule has 0 amide bonds. The number of rotatable bonds is 9. The first kappa shape index (κ1) is 35.7. The van der Waals surface area contributed by atoms with Crippen molar-refractivity contribution in [3.63, 3.8) is 0 Å². The molecule has 0 bridgehead atoms. The van der Waals surface area contributed by atoms with Crippen LogP contribution >= 0.6 is 0 Å². The largest absolute Gasteiger partial charge is 0.309 e. The fourth-order valence-electron chi connectivity index (χ4n) is 8.43. The van der Waals surface area contributed by atoms with Crippen LogP contribution in [-0.2, 0) is 0 Å². The van der Waals surface area contributed by atoms with Gasteiger partial charge in [0.2, 0.25) is 0 Å². The second kappa shape index (κ2) is 16.0. The van der Waals surface area contributed by atoms with Crippen molar-refractivity contribution in [3.05, 3.63) is 249 Å². The molecule has 1 nitrogen and oxygen atoms in total. The molecule has 0 atom stereocenters. The van der Waals surface area contributed by atoms with Crippen molar-refractivity contribution in [2.75, 3.05) is 4.90 Å². The van der Waals surface area contributed by atoms with E-state index in [1.165, 1.54) is 60.8 Å². The van der Waals surface area contributed by atoms with Crippen LogP contribution in [0, 0.1) is 0 Å². The minimum atomic E-state index is 1.08. The number of fused-ring (bicyclic) bond motifs is 1. The molecule has 0 radical (unpaired) electrons. The first-order valence-electron chi connectivity index (χ1n) is 20.3. The number of nitrogens with zero attached hydrogens (tertiary/aromatic N) is 1. The zero-order valence-corrected chi connectivity index (χ0v) is 32.6. The van der Waals surface area contributed by atoms with E-state index >= 15 is 0 Å².